The summed E-state index contributed by atoms with van der Waals surface area (Å²) in [5.74, 6) is 0.444. The number of fused-ring (bicyclic) bond motifs is 1. The number of hydrogen-bond acceptors (Lipinski definition) is 13. The third-order valence-corrected chi connectivity index (χ3v) is 8.18. The molecule has 1 aliphatic heterocycles. The minimum atomic E-state index is -5.13. The fraction of sp³-hybridized carbons (Fsp3) is 0.762. The van der Waals surface area contributed by atoms with Crippen molar-refractivity contribution in [2.75, 3.05) is 31.7 Å². The summed E-state index contributed by atoms with van der Waals surface area (Å²) in [5.41, 5.74) is 0.203. The second kappa shape index (κ2) is 11.6. The van der Waals surface area contributed by atoms with Gasteiger partial charge in [-0.2, -0.15) is 15.1 Å². The predicted molar refractivity (Wildman–Crippen MR) is 129 cm³/mol. The fourth-order valence-corrected chi connectivity index (χ4v) is 5.05. The van der Waals surface area contributed by atoms with E-state index < -0.39 is 63.4 Å². The fourth-order valence-electron chi connectivity index (χ4n) is 4.44. The Hall–Kier alpha value is -1.98. The van der Waals surface area contributed by atoms with Crippen LogP contribution in [0.15, 0.2) is 6.20 Å². The first-order valence-corrected chi connectivity index (χ1v) is 13.9. The van der Waals surface area contributed by atoms with Gasteiger partial charge >= 0.3 is 13.6 Å². The van der Waals surface area contributed by atoms with E-state index in [1.54, 1.807) is 6.92 Å². The Morgan fingerprint density at radius 3 is 2.50 bits per heavy atom. The van der Waals surface area contributed by atoms with E-state index in [1.807, 2.05) is 0 Å². The van der Waals surface area contributed by atoms with Crippen LogP contribution in [0.3, 0.4) is 0 Å². The Morgan fingerprint density at radius 2 is 1.89 bits per heavy atom. The molecule has 1 saturated heterocycles. The van der Waals surface area contributed by atoms with Crippen LogP contribution in [0, 0.1) is 0 Å². The highest BCUT2D eigenvalue weighted by molar-refractivity contribution is 7.53. The normalized spacial score (nSPS) is 25.8. The minimum absolute atomic E-state index is 0.0501. The van der Waals surface area contributed by atoms with Crippen LogP contribution in [-0.2, 0) is 14.0 Å². The first kappa shape index (κ1) is 29.0. The van der Waals surface area contributed by atoms with Gasteiger partial charge in [-0.1, -0.05) is 12.8 Å². The maximum Gasteiger partial charge on any atom is 0.361 e. The smallest absolute Gasteiger partial charge is 0.361 e. The molecule has 0 amide bonds. The van der Waals surface area contributed by atoms with Gasteiger partial charge in [-0.3, -0.25) is 4.57 Å². The van der Waals surface area contributed by atoms with Crippen LogP contribution in [0.25, 0.3) is 11.0 Å². The van der Waals surface area contributed by atoms with Crippen LogP contribution in [-0.4, -0.2) is 117 Å². The predicted octanol–water partition coefficient (Wildman–Crippen LogP) is -1.57. The highest BCUT2D eigenvalue weighted by Crippen LogP contribution is 2.51. The largest absolute Gasteiger partial charge is 0.461 e. The molecule has 8 N–H and O–H groups in total. The van der Waals surface area contributed by atoms with E-state index in [0.29, 0.717) is 11.2 Å². The first-order valence-electron chi connectivity index (χ1n) is 12.2. The molecule has 16 nitrogen and oxygen atoms in total. The van der Waals surface area contributed by atoms with Crippen LogP contribution in [0.5, 0.6) is 6.01 Å². The Bertz CT molecular complexity index is 1130. The van der Waals surface area contributed by atoms with Crippen molar-refractivity contribution in [1.29, 1.82) is 0 Å². The van der Waals surface area contributed by atoms with Gasteiger partial charge in [-0.05, 0) is 19.8 Å². The van der Waals surface area contributed by atoms with Gasteiger partial charge in [0.05, 0.1) is 37.5 Å². The van der Waals surface area contributed by atoms with Gasteiger partial charge in [-0.15, -0.1) is 0 Å². The maximum absolute atomic E-state index is 11.8. The van der Waals surface area contributed by atoms with E-state index in [1.165, 1.54) is 10.9 Å². The molecule has 214 valence electrons. The summed E-state index contributed by atoms with van der Waals surface area (Å²) in [6, 6.07) is 0.135. The van der Waals surface area contributed by atoms with Crippen LogP contribution in [0.2, 0.25) is 0 Å². The van der Waals surface area contributed by atoms with Crippen molar-refractivity contribution in [2.45, 2.75) is 74.6 Å². The Balaban J connectivity index is 1.61. The van der Waals surface area contributed by atoms with Crippen molar-refractivity contribution in [3.05, 3.63) is 6.20 Å². The number of ether oxygens (including phenoxy) is 3. The van der Waals surface area contributed by atoms with E-state index >= 15 is 0 Å². The second-order valence-corrected chi connectivity index (χ2v) is 11.5. The zero-order chi connectivity index (χ0) is 27.7. The molecule has 3 heterocycles. The lowest BCUT2D eigenvalue weighted by atomic mass is 10.1. The molecule has 1 aliphatic carbocycles. The van der Waals surface area contributed by atoms with Crippen molar-refractivity contribution in [3.8, 4) is 6.01 Å². The minimum Gasteiger partial charge on any atom is -0.461 e. The number of nitrogens with zero attached hydrogens (tertiary/aromatic N) is 4. The number of aliphatic hydroxyl groups is 5. The summed E-state index contributed by atoms with van der Waals surface area (Å²) in [5, 5.41) is 55.4. The molecule has 17 heteroatoms. The number of hydrogen-bond donors (Lipinski definition) is 8. The summed E-state index contributed by atoms with van der Waals surface area (Å²) in [6.07, 6.45) is -0.958. The van der Waals surface area contributed by atoms with Crippen molar-refractivity contribution in [2.24, 2.45) is 0 Å². The van der Waals surface area contributed by atoms with Gasteiger partial charge in [0.1, 0.15) is 30.7 Å². The lowest BCUT2D eigenvalue weighted by Crippen LogP contribution is -2.44. The van der Waals surface area contributed by atoms with E-state index in [0.717, 1.165) is 25.7 Å². The van der Waals surface area contributed by atoms with Gasteiger partial charge in [0.25, 0.3) is 0 Å². The molecule has 38 heavy (non-hydrogen) atoms. The number of rotatable bonds is 12. The summed E-state index contributed by atoms with van der Waals surface area (Å²) >= 11 is 0. The standard InChI is InChI=1S/C21H34N5O11P/c1-11(29)7-35-20-24-17(23-12-4-2-3-5-12)13-6-22-26(18(13)25-20)19-16(31)15(30)14(37-19)8-36-21(9-27,10-28)38(32,33)34/h6,11-12,14-16,19,27-31H,2-5,7-10H2,1H3,(H,23,24,25)(H2,32,33,34)/t11-,14-,15-,16-,19-/m1/s1. The quantitative estimate of drug-likeness (QED) is 0.136. The molecule has 0 bridgehead atoms. The topological polar surface area (TPSA) is 242 Å². The lowest BCUT2D eigenvalue weighted by molar-refractivity contribution is -0.121. The molecule has 2 aliphatic rings. The number of aromatic nitrogens is 4. The van der Waals surface area contributed by atoms with Gasteiger partial charge in [-0.25, -0.2) is 4.68 Å². The molecule has 0 spiro atoms. The summed E-state index contributed by atoms with van der Waals surface area (Å²) < 4.78 is 29.4. The van der Waals surface area contributed by atoms with E-state index in [2.05, 4.69) is 20.4 Å². The van der Waals surface area contributed by atoms with Gasteiger partial charge in [0.2, 0.25) is 5.34 Å². The average Bonchev–Trinajstić information content (AvgIpc) is 3.59. The molecule has 5 atom stereocenters. The average molecular weight is 564 g/mol. The molecular formula is C21H34N5O11P. The van der Waals surface area contributed by atoms with Gasteiger partial charge in [0, 0.05) is 6.04 Å². The zero-order valence-corrected chi connectivity index (χ0v) is 21.6. The van der Waals surface area contributed by atoms with Gasteiger partial charge in [0.15, 0.2) is 11.9 Å². The number of anilines is 1. The third kappa shape index (κ3) is 5.79. The highest BCUT2D eigenvalue weighted by Gasteiger charge is 2.51. The van der Waals surface area contributed by atoms with Crippen molar-refractivity contribution in [3.63, 3.8) is 0 Å². The zero-order valence-electron chi connectivity index (χ0n) is 20.7. The van der Waals surface area contributed by atoms with Crippen LogP contribution in [0.1, 0.15) is 38.8 Å². The molecule has 0 radical (unpaired) electrons. The summed E-state index contributed by atoms with van der Waals surface area (Å²) in [7, 11) is -5.13. The molecule has 0 unspecified atom stereocenters. The lowest BCUT2D eigenvalue weighted by Gasteiger charge is -2.31. The molecule has 2 fully saturated rings. The highest BCUT2D eigenvalue weighted by atomic mass is 31.2. The first-order chi connectivity index (χ1) is 18.0. The molecule has 2 aromatic heterocycles. The van der Waals surface area contributed by atoms with E-state index in [4.69, 9.17) is 14.2 Å². The molecule has 0 aromatic carbocycles. The Morgan fingerprint density at radius 1 is 1.21 bits per heavy atom. The molecule has 1 saturated carbocycles. The maximum atomic E-state index is 11.8. The van der Waals surface area contributed by atoms with Gasteiger partial charge < -0.3 is 54.8 Å². The van der Waals surface area contributed by atoms with Crippen molar-refractivity contribution in [1.82, 2.24) is 19.7 Å². The van der Waals surface area contributed by atoms with Crippen molar-refractivity contribution < 1.29 is 54.1 Å². The van der Waals surface area contributed by atoms with Crippen molar-refractivity contribution >= 4 is 24.4 Å². The molecule has 2 aromatic rings. The summed E-state index contributed by atoms with van der Waals surface area (Å²) in [6.45, 7) is -1.60. The van der Waals surface area contributed by atoms with Crippen LogP contribution >= 0.6 is 7.60 Å². The molecular weight excluding hydrogens is 529 g/mol. The van der Waals surface area contributed by atoms with E-state index in [-0.39, 0.29) is 24.3 Å². The number of aliphatic hydroxyl groups excluding tert-OH is 5. The second-order valence-electron chi connectivity index (χ2n) is 9.63. The molecule has 4 rings (SSSR count). The van der Waals surface area contributed by atoms with E-state index in [9.17, 15) is 39.9 Å². The summed E-state index contributed by atoms with van der Waals surface area (Å²) in [4.78, 5) is 27.8. The van der Waals surface area contributed by atoms with Crippen LogP contribution in [0.4, 0.5) is 5.82 Å². The SMILES string of the molecule is C[C@@H](O)COc1nc(NC2CCCC2)c2cnn([C@@H]3O[C@H](COC(CO)(CO)P(=O)(O)O)[C@@H](O)[C@H]3O)c2n1. The third-order valence-electron chi connectivity index (χ3n) is 6.70. The van der Waals surface area contributed by atoms with Crippen LogP contribution < -0.4 is 10.1 Å². The Labute approximate surface area is 217 Å². The number of nitrogens with one attached hydrogen (secondary N) is 1. The monoisotopic (exact) mass is 563 g/mol. The Kier molecular flexibility index (Phi) is 8.88.